The largest absolute Gasteiger partial charge is 0.462 e. The molecule has 0 radical (unpaired) electrons. The summed E-state index contributed by atoms with van der Waals surface area (Å²) >= 11 is 0. The molecule has 442 valence electrons. The molecular formula is C70H126O6. The number of hydrogen-bond donors (Lipinski definition) is 0. The third kappa shape index (κ3) is 62.0. The van der Waals surface area contributed by atoms with Crippen LogP contribution in [0, 0.1) is 0 Å². The van der Waals surface area contributed by atoms with Crippen LogP contribution in [0.5, 0.6) is 0 Å². The molecule has 1 unspecified atom stereocenters. The average Bonchev–Trinajstić information content (AvgIpc) is 3.42. The summed E-state index contributed by atoms with van der Waals surface area (Å²) in [6.45, 7) is 6.57. The van der Waals surface area contributed by atoms with E-state index in [4.69, 9.17) is 14.2 Å². The molecule has 0 heterocycles. The van der Waals surface area contributed by atoms with E-state index in [-0.39, 0.29) is 31.1 Å². The zero-order chi connectivity index (χ0) is 55.0. The third-order valence-electron chi connectivity index (χ3n) is 14.8. The fraction of sp³-hybridized carbons (Fsp3) is 0.814. The van der Waals surface area contributed by atoms with Gasteiger partial charge in [-0.05, 0) is 83.5 Å². The summed E-state index contributed by atoms with van der Waals surface area (Å²) in [6, 6.07) is 0. The summed E-state index contributed by atoms with van der Waals surface area (Å²) in [5.41, 5.74) is 0. The Bertz CT molecular complexity index is 1360. The van der Waals surface area contributed by atoms with E-state index in [1.807, 2.05) is 0 Å². The lowest BCUT2D eigenvalue weighted by Gasteiger charge is -2.18. The van der Waals surface area contributed by atoms with Crippen LogP contribution in [0.2, 0.25) is 0 Å². The van der Waals surface area contributed by atoms with Gasteiger partial charge in [-0.25, -0.2) is 0 Å². The Balaban J connectivity index is 4.35. The molecule has 1 atom stereocenters. The maximum Gasteiger partial charge on any atom is 0.306 e. The Labute approximate surface area is 472 Å². The maximum atomic E-state index is 12.9. The van der Waals surface area contributed by atoms with Crippen LogP contribution in [0.4, 0.5) is 0 Å². The van der Waals surface area contributed by atoms with E-state index in [2.05, 4.69) is 81.5 Å². The molecule has 0 aliphatic rings. The summed E-state index contributed by atoms with van der Waals surface area (Å²) in [5.74, 6) is -0.871. The van der Waals surface area contributed by atoms with Crippen LogP contribution in [-0.4, -0.2) is 37.2 Å². The van der Waals surface area contributed by atoms with Gasteiger partial charge in [0.15, 0.2) is 6.10 Å². The SMILES string of the molecule is CC/C=C\C/C=C\C/C=C\C/C=C\CCCCCCCCCCC(=O)OCC(COC(=O)CCCCCCC/C=C\CCCCCCCCC)OC(=O)CCCCCCCCCCCCCCCCCCCCCCC. The molecule has 0 fully saturated rings. The van der Waals surface area contributed by atoms with Crippen molar-refractivity contribution in [3.8, 4) is 0 Å². The lowest BCUT2D eigenvalue weighted by atomic mass is 10.0. The molecule has 0 saturated carbocycles. The molecule has 0 saturated heterocycles. The Hall–Kier alpha value is -2.89. The molecular weight excluding hydrogens is 937 g/mol. The molecule has 0 aliphatic carbocycles. The van der Waals surface area contributed by atoms with Crippen molar-refractivity contribution >= 4 is 17.9 Å². The Kier molecular flexibility index (Phi) is 62.2. The van der Waals surface area contributed by atoms with Crippen molar-refractivity contribution in [3.05, 3.63) is 60.8 Å². The van der Waals surface area contributed by atoms with Gasteiger partial charge in [-0.15, -0.1) is 0 Å². The van der Waals surface area contributed by atoms with Gasteiger partial charge in [-0.3, -0.25) is 14.4 Å². The minimum atomic E-state index is -0.781. The number of esters is 3. The highest BCUT2D eigenvalue weighted by atomic mass is 16.6. The lowest BCUT2D eigenvalue weighted by Crippen LogP contribution is -2.30. The van der Waals surface area contributed by atoms with Crippen LogP contribution in [0.15, 0.2) is 60.8 Å². The van der Waals surface area contributed by atoms with Gasteiger partial charge in [-0.1, -0.05) is 306 Å². The van der Waals surface area contributed by atoms with Crippen LogP contribution in [0.25, 0.3) is 0 Å². The monoisotopic (exact) mass is 1060 g/mol. The first-order valence-electron chi connectivity index (χ1n) is 33.3. The van der Waals surface area contributed by atoms with E-state index in [1.165, 1.54) is 212 Å². The molecule has 0 aromatic heterocycles. The van der Waals surface area contributed by atoms with Crippen LogP contribution in [0.3, 0.4) is 0 Å². The van der Waals surface area contributed by atoms with Gasteiger partial charge >= 0.3 is 17.9 Å². The Morgan fingerprint density at radius 1 is 0.276 bits per heavy atom. The molecule has 6 nitrogen and oxygen atoms in total. The van der Waals surface area contributed by atoms with Gasteiger partial charge in [-0.2, -0.15) is 0 Å². The molecule has 0 bridgehead atoms. The molecule has 76 heavy (non-hydrogen) atoms. The third-order valence-corrected chi connectivity index (χ3v) is 14.8. The molecule has 0 N–H and O–H groups in total. The number of unbranched alkanes of at least 4 members (excludes halogenated alkanes) is 40. The smallest absolute Gasteiger partial charge is 0.306 e. The normalized spacial score (nSPS) is 12.4. The van der Waals surface area contributed by atoms with Crippen molar-refractivity contribution in [2.75, 3.05) is 13.2 Å². The molecule has 0 aromatic rings. The van der Waals surface area contributed by atoms with Gasteiger partial charge in [0.05, 0.1) is 0 Å². The van der Waals surface area contributed by atoms with E-state index in [9.17, 15) is 14.4 Å². The first kappa shape index (κ1) is 73.1. The second kappa shape index (κ2) is 64.6. The van der Waals surface area contributed by atoms with Crippen molar-refractivity contribution in [1.29, 1.82) is 0 Å². The molecule has 6 heteroatoms. The zero-order valence-corrected chi connectivity index (χ0v) is 50.8. The van der Waals surface area contributed by atoms with E-state index in [0.717, 1.165) is 96.3 Å². The number of ether oxygens (including phenoxy) is 3. The van der Waals surface area contributed by atoms with Gasteiger partial charge < -0.3 is 14.2 Å². The molecule has 0 spiro atoms. The number of allylic oxidation sites excluding steroid dienone is 10. The summed E-state index contributed by atoms with van der Waals surface area (Å²) < 4.78 is 17.0. The first-order valence-corrected chi connectivity index (χ1v) is 33.3. The van der Waals surface area contributed by atoms with Crippen molar-refractivity contribution < 1.29 is 28.6 Å². The predicted octanol–water partition coefficient (Wildman–Crippen LogP) is 22.7. The fourth-order valence-electron chi connectivity index (χ4n) is 9.79. The lowest BCUT2D eigenvalue weighted by molar-refractivity contribution is -0.167. The highest BCUT2D eigenvalue weighted by Gasteiger charge is 2.19. The van der Waals surface area contributed by atoms with Crippen molar-refractivity contribution in [3.63, 3.8) is 0 Å². The topological polar surface area (TPSA) is 78.9 Å². The van der Waals surface area contributed by atoms with Crippen LogP contribution >= 0.6 is 0 Å². The highest BCUT2D eigenvalue weighted by molar-refractivity contribution is 5.71. The van der Waals surface area contributed by atoms with E-state index in [1.54, 1.807) is 0 Å². The second-order valence-electron chi connectivity index (χ2n) is 22.4. The number of hydrogen-bond acceptors (Lipinski definition) is 6. The summed E-state index contributed by atoms with van der Waals surface area (Å²) in [4.78, 5) is 38.4. The second-order valence-corrected chi connectivity index (χ2v) is 22.4. The van der Waals surface area contributed by atoms with E-state index in [0.29, 0.717) is 19.3 Å². The van der Waals surface area contributed by atoms with E-state index < -0.39 is 6.10 Å². The predicted molar refractivity (Wildman–Crippen MR) is 330 cm³/mol. The van der Waals surface area contributed by atoms with Crippen molar-refractivity contribution in [2.45, 2.75) is 354 Å². The summed E-state index contributed by atoms with van der Waals surface area (Å²) in [5, 5.41) is 0. The van der Waals surface area contributed by atoms with Gasteiger partial charge in [0.1, 0.15) is 13.2 Å². The van der Waals surface area contributed by atoms with Gasteiger partial charge in [0.2, 0.25) is 0 Å². The summed E-state index contributed by atoms with van der Waals surface area (Å²) in [7, 11) is 0. The fourth-order valence-corrected chi connectivity index (χ4v) is 9.79. The van der Waals surface area contributed by atoms with Crippen molar-refractivity contribution in [2.24, 2.45) is 0 Å². The van der Waals surface area contributed by atoms with Gasteiger partial charge in [0, 0.05) is 19.3 Å². The average molecular weight is 1060 g/mol. The Morgan fingerprint density at radius 3 is 0.816 bits per heavy atom. The number of carbonyl (C=O) groups is 3. The minimum Gasteiger partial charge on any atom is -0.462 e. The Morgan fingerprint density at radius 2 is 0.513 bits per heavy atom. The van der Waals surface area contributed by atoms with Crippen molar-refractivity contribution in [1.82, 2.24) is 0 Å². The molecule has 0 amide bonds. The molecule has 0 rings (SSSR count). The maximum absolute atomic E-state index is 12.9. The molecule has 0 aliphatic heterocycles. The zero-order valence-electron chi connectivity index (χ0n) is 50.8. The first-order chi connectivity index (χ1) is 37.5. The summed E-state index contributed by atoms with van der Waals surface area (Å²) in [6.07, 6.45) is 82.3. The van der Waals surface area contributed by atoms with Crippen LogP contribution in [0.1, 0.15) is 348 Å². The quantitative estimate of drug-likeness (QED) is 0.0261. The highest BCUT2D eigenvalue weighted by Crippen LogP contribution is 2.18. The minimum absolute atomic E-state index is 0.0776. The standard InChI is InChI=1S/C70H126O6/c1-4-7-10-13-16-19-22-25-28-31-33-35-37-39-42-45-48-51-54-57-60-63-69(72)75-66-67(65-74-68(71)62-59-56-53-50-47-44-41-30-27-24-21-18-15-12-9-6-3)76-70(73)64-61-58-55-52-49-46-43-40-38-36-34-32-29-26-23-20-17-14-11-8-5-2/h7,10,16,19,25,28,30,33,35,41,67H,4-6,8-9,11-15,17-18,20-24,26-27,29,31-32,34,36-40,42-66H2,1-3H3/b10-7-,19-16-,28-25-,35-33-,41-30-. The van der Waals surface area contributed by atoms with Gasteiger partial charge in [0.25, 0.3) is 0 Å². The number of carbonyl (C=O) groups excluding carboxylic acids is 3. The molecule has 0 aromatic carbocycles. The van der Waals surface area contributed by atoms with Crippen LogP contribution in [-0.2, 0) is 28.6 Å². The van der Waals surface area contributed by atoms with E-state index >= 15 is 0 Å². The van der Waals surface area contributed by atoms with Crippen LogP contribution < -0.4 is 0 Å². The number of rotatable bonds is 61.